The van der Waals surface area contributed by atoms with Gasteiger partial charge >= 0.3 is 0 Å². The van der Waals surface area contributed by atoms with Gasteiger partial charge in [0.05, 0.1) is 18.2 Å². The summed E-state index contributed by atoms with van der Waals surface area (Å²) in [5, 5.41) is 13.6. The molecule has 2 aromatic rings. The third-order valence-corrected chi connectivity index (χ3v) is 5.80. The van der Waals surface area contributed by atoms with Crippen LogP contribution in [0, 0.1) is 11.2 Å². The Morgan fingerprint density at radius 1 is 1.21 bits per heavy atom. The van der Waals surface area contributed by atoms with Crippen molar-refractivity contribution in [2.24, 2.45) is 5.41 Å². The van der Waals surface area contributed by atoms with E-state index in [1.807, 2.05) is 6.07 Å². The van der Waals surface area contributed by atoms with Crippen molar-refractivity contribution in [3.05, 3.63) is 58.9 Å². The third-order valence-electron chi connectivity index (χ3n) is 5.80. The number of amides is 2. The number of ether oxygens (including phenoxy) is 1. The second kappa shape index (κ2) is 6.91. The van der Waals surface area contributed by atoms with Gasteiger partial charge in [-0.15, -0.1) is 0 Å². The van der Waals surface area contributed by atoms with Crippen LogP contribution in [0.25, 0.3) is 0 Å². The highest BCUT2D eigenvalue weighted by Gasteiger charge is 2.44. The lowest BCUT2D eigenvalue weighted by molar-refractivity contribution is -0.128. The number of halogens is 1. The molecule has 2 aromatic carbocycles. The number of methoxy groups -OCH3 is 1. The van der Waals surface area contributed by atoms with E-state index in [4.69, 9.17) is 4.74 Å². The van der Waals surface area contributed by atoms with E-state index in [9.17, 15) is 19.2 Å². The molecule has 1 fully saturated rings. The second-order valence-corrected chi connectivity index (χ2v) is 7.38. The Hall–Kier alpha value is -2.93. The Morgan fingerprint density at radius 2 is 2.04 bits per heavy atom. The number of hydroxylamine groups is 1. The first-order valence-corrected chi connectivity index (χ1v) is 9.20. The Balaban J connectivity index is 1.56. The van der Waals surface area contributed by atoms with Crippen molar-refractivity contribution in [1.82, 2.24) is 5.32 Å². The number of hydrogen-bond donors (Lipinski definition) is 2. The van der Waals surface area contributed by atoms with Crippen LogP contribution in [0.2, 0.25) is 0 Å². The first-order valence-electron chi connectivity index (χ1n) is 9.20. The van der Waals surface area contributed by atoms with E-state index in [1.165, 1.54) is 19.2 Å². The number of carbonyl (C=O) groups is 2. The summed E-state index contributed by atoms with van der Waals surface area (Å²) in [5.41, 5.74) is 2.06. The minimum Gasteiger partial charge on any atom is -0.494 e. The van der Waals surface area contributed by atoms with Crippen LogP contribution in [-0.2, 0) is 17.6 Å². The number of hydrogen-bond acceptors (Lipinski definition) is 4. The summed E-state index contributed by atoms with van der Waals surface area (Å²) in [4.78, 5) is 24.9. The summed E-state index contributed by atoms with van der Waals surface area (Å²) in [6.07, 6.45) is 2.94. The maximum Gasteiger partial charge on any atom is 0.281 e. The van der Waals surface area contributed by atoms with Crippen LogP contribution in [0.1, 0.15) is 34.3 Å². The van der Waals surface area contributed by atoms with Gasteiger partial charge < -0.3 is 10.1 Å². The van der Waals surface area contributed by atoms with Gasteiger partial charge in [0.2, 0.25) is 5.91 Å². The zero-order valence-electron chi connectivity index (χ0n) is 15.5. The number of nitrogens with zero attached hydrogens (tertiary/aromatic N) is 1. The van der Waals surface area contributed by atoms with Crippen molar-refractivity contribution >= 4 is 17.5 Å². The number of carbonyl (C=O) groups excluding carboxylic acids is 2. The Bertz CT molecular complexity index is 961. The molecule has 6 nitrogen and oxygen atoms in total. The molecule has 1 spiro atoms. The van der Waals surface area contributed by atoms with E-state index in [0.717, 1.165) is 30.0 Å². The third kappa shape index (κ3) is 3.01. The first-order chi connectivity index (χ1) is 13.4. The molecule has 0 aromatic heterocycles. The molecule has 1 aliphatic heterocycles. The van der Waals surface area contributed by atoms with Crippen molar-refractivity contribution in [3.8, 4) is 5.75 Å². The van der Waals surface area contributed by atoms with Crippen molar-refractivity contribution in [1.29, 1.82) is 0 Å². The highest BCUT2D eigenvalue weighted by Crippen LogP contribution is 2.41. The lowest BCUT2D eigenvalue weighted by Crippen LogP contribution is -2.36. The van der Waals surface area contributed by atoms with E-state index < -0.39 is 11.7 Å². The Morgan fingerprint density at radius 3 is 2.71 bits per heavy atom. The standard InChI is InChI=1S/C21H21FN2O4/c1-28-18-5-4-16(11-17(18)22)24(27)19(25)14-2-3-15-12-21(7-6-13(15)10-14)8-9-23-20(21)26/h2-5,10-11,27H,6-9,12H2,1H3,(H,23,26)/t21-/m0/s1. The maximum absolute atomic E-state index is 13.9. The minimum absolute atomic E-state index is 0.0163. The minimum atomic E-state index is -0.669. The zero-order chi connectivity index (χ0) is 19.9. The second-order valence-electron chi connectivity index (χ2n) is 7.38. The average molecular weight is 384 g/mol. The summed E-state index contributed by atoms with van der Waals surface area (Å²) in [6, 6.07) is 9.02. The summed E-state index contributed by atoms with van der Waals surface area (Å²) in [7, 11) is 1.34. The van der Waals surface area contributed by atoms with Crippen molar-refractivity contribution in [3.63, 3.8) is 0 Å². The van der Waals surface area contributed by atoms with Crippen molar-refractivity contribution < 1.29 is 23.9 Å². The van der Waals surface area contributed by atoms with E-state index >= 15 is 0 Å². The fourth-order valence-corrected chi connectivity index (χ4v) is 4.14. The number of fused-ring (bicyclic) bond motifs is 1. The number of benzene rings is 2. The topological polar surface area (TPSA) is 78.9 Å². The Labute approximate surface area is 161 Å². The predicted molar refractivity (Wildman–Crippen MR) is 100 cm³/mol. The molecule has 0 radical (unpaired) electrons. The molecule has 146 valence electrons. The monoisotopic (exact) mass is 384 g/mol. The summed E-state index contributed by atoms with van der Waals surface area (Å²) in [6.45, 7) is 0.711. The number of anilines is 1. The van der Waals surface area contributed by atoms with Crippen LogP contribution >= 0.6 is 0 Å². The first kappa shape index (κ1) is 18.4. The van der Waals surface area contributed by atoms with Gasteiger partial charge in [-0.3, -0.25) is 14.8 Å². The molecular weight excluding hydrogens is 363 g/mol. The SMILES string of the molecule is COc1ccc(N(O)C(=O)c2ccc3c(c2)CC[C@]2(CCNC2=O)C3)cc1F. The van der Waals surface area contributed by atoms with Crippen molar-refractivity contribution in [2.45, 2.75) is 25.7 Å². The van der Waals surface area contributed by atoms with Gasteiger partial charge in [-0.25, -0.2) is 4.39 Å². The molecule has 2 N–H and O–H groups in total. The quantitative estimate of drug-likeness (QED) is 0.630. The molecule has 2 amide bonds. The highest BCUT2D eigenvalue weighted by atomic mass is 19.1. The molecule has 0 saturated carbocycles. The van der Waals surface area contributed by atoms with Crippen LogP contribution in [0.4, 0.5) is 10.1 Å². The van der Waals surface area contributed by atoms with Gasteiger partial charge in [0.15, 0.2) is 11.6 Å². The summed E-state index contributed by atoms with van der Waals surface area (Å²) < 4.78 is 18.7. The van der Waals surface area contributed by atoms with Gasteiger partial charge in [-0.1, -0.05) is 6.07 Å². The predicted octanol–water partition coefficient (Wildman–Crippen LogP) is 2.87. The summed E-state index contributed by atoms with van der Waals surface area (Å²) >= 11 is 0. The number of rotatable bonds is 3. The van der Waals surface area contributed by atoms with Gasteiger partial charge in [0, 0.05) is 18.2 Å². The molecule has 1 saturated heterocycles. The largest absolute Gasteiger partial charge is 0.494 e. The molecule has 1 aliphatic carbocycles. The van der Waals surface area contributed by atoms with E-state index in [0.29, 0.717) is 30.0 Å². The fourth-order valence-electron chi connectivity index (χ4n) is 4.14. The molecular formula is C21H21FN2O4. The van der Waals surface area contributed by atoms with Crippen molar-refractivity contribution in [2.75, 3.05) is 18.7 Å². The van der Waals surface area contributed by atoms with Gasteiger partial charge in [-0.05, 0) is 61.1 Å². The molecule has 1 atom stereocenters. The van der Waals surface area contributed by atoms with Gasteiger partial charge in [0.1, 0.15) is 0 Å². The highest BCUT2D eigenvalue weighted by molar-refractivity contribution is 6.04. The molecule has 7 heteroatoms. The Kier molecular flexibility index (Phi) is 4.55. The lowest BCUT2D eigenvalue weighted by atomic mass is 9.70. The molecule has 4 rings (SSSR count). The molecule has 0 bridgehead atoms. The number of aryl methyl sites for hydroxylation is 1. The van der Waals surface area contributed by atoms with Gasteiger partial charge in [-0.2, -0.15) is 5.06 Å². The van der Waals surface area contributed by atoms with E-state index in [2.05, 4.69) is 5.32 Å². The maximum atomic E-state index is 13.9. The van der Waals surface area contributed by atoms with E-state index in [-0.39, 0.29) is 22.8 Å². The van der Waals surface area contributed by atoms with Crippen LogP contribution in [-0.4, -0.2) is 30.7 Å². The normalized spacial score (nSPS) is 20.6. The smallest absolute Gasteiger partial charge is 0.281 e. The molecule has 1 heterocycles. The van der Waals surface area contributed by atoms with Crippen LogP contribution in [0.3, 0.4) is 0 Å². The molecule has 2 aliphatic rings. The molecule has 28 heavy (non-hydrogen) atoms. The van der Waals surface area contributed by atoms with Crippen LogP contribution in [0.15, 0.2) is 36.4 Å². The van der Waals surface area contributed by atoms with Crippen LogP contribution < -0.4 is 15.1 Å². The fraction of sp³-hybridized carbons (Fsp3) is 0.333. The van der Waals surface area contributed by atoms with Gasteiger partial charge in [0.25, 0.3) is 5.91 Å². The summed E-state index contributed by atoms with van der Waals surface area (Å²) in [5.74, 6) is -1.17. The van der Waals surface area contributed by atoms with Crippen LogP contribution in [0.5, 0.6) is 5.75 Å². The number of nitrogens with one attached hydrogen (secondary N) is 1. The van der Waals surface area contributed by atoms with E-state index in [1.54, 1.807) is 12.1 Å². The zero-order valence-corrected chi connectivity index (χ0v) is 15.5. The lowest BCUT2D eigenvalue weighted by Gasteiger charge is -2.32. The average Bonchev–Trinajstić information content (AvgIpc) is 3.05. The molecule has 0 unspecified atom stereocenters.